The van der Waals surface area contributed by atoms with E-state index in [2.05, 4.69) is 9.73 Å². The van der Waals surface area contributed by atoms with Crippen molar-refractivity contribution in [1.29, 1.82) is 0 Å². The second kappa shape index (κ2) is 9.43. The van der Waals surface area contributed by atoms with Gasteiger partial charge in [-0.3, -0.25) is 19.8 Å². The van der Waals surface area contributed by atoms with E-state index in [-0.39, 0.29) is 18.9 Å². The number of guanidine groups is 1. The summed E-state index contributed by atoms with van der Waals surface area (Å²) in [7, 11) is -2.66. The largest absolute Gasteiger partial charge is 0.467 e. The summed E-state index contributed by atoms with van der Waals surface area (Å²) in [5.74, 6) is -4.49. The van der Waals surface area contributed by atoms with Gasteiger partial charge < -0.3 is 31.9 Å². The number of nitrogens with one attached hydrogen (secondary N) is 1. The lowest BCUT2D eigenvalue weighted by atomic mass is 10.1. The standard InChI is InChI=1S/C10H23N6O6P/c1-16(23(20,21)9(19)8(18)22-2)15-7(17)6(11)4-3-5-14-10(12)13/h6,9,19H,3-5,11H2,1-2H3,(H,15,17)(H,20,21)(H4,12,13,14)/t6-,9?/m0/s1. The minimum atomic E-state index is -4.61. The number of hydrogen-bond donors (Lipinski definition) is 6. The number of hydrazine groups is 1. The number of esters is 1. The first kappa shape index (κ1) is 21.3. The predicted molar refractivity (Wildman–Crippen MR) is 81.6 cm³/mol. The number of nitrogens with zero attached hydrogens (tertiary/aromatic N) is 2. The van der Waals surface area contributed by atoms with Crippen LogP contribution in [0.3, 0.4) is 0 Å². The molecular formula is C10H23N6O6P. The molecule has 3 atom stereocenters. The van der Waals surface area contributed by atoms with Crippen molar-refractivity contribution < 1.29 is 28.9 Å². The molecule has 0 fully saturated rings. The molecule has 23 heavy (non-hydrogen) atoms. The lowest BCUT2D eigenvalue weighted by Gasteiger charge is -2.27. The van der Waals surface area contributed by atoms with Crippen LogP contribution in [-0.4, -0.2) is 65.2 Å². The van der Waals surface area contributed by atoms with Crippen LogP contribution in [-0.2, 0) is 18.9 Å². The van der Waals surface area contributed by atoms with Crippen molar-refractivity contribution >= 4 is 25.4 Å². The summed E-state index contributed by atoms with van der Waals surface area (Å²) in [4.78, 5) is 36.3. The van der Waals surface area contributed by atoms with Crippen LogP contribution < -0.4 is 22.6 Å². The minimum Gasteiger partial charge on any atom is -0.467 e. The average Bonchev–Trinajstić information content (AvgIpc) is 2.49. The van der Waals surface area contributed by atoms with Gasteiger partial charge in [-0.05, 0) is 12.8 Å². The predicted octanol–water partition coefficient (Wildman–Crippen LogP) is -2.99. The fraction of sp³-hybridized carbons (Fsp3) is 0.700. The van der Waals surface area contributed by atoms with Crippen LogP contribution in [0.25, 0.3) is 0 Å². The van der Waals surface area contributed by atoms with Gasteiger partial charge in [-0.1, -0.05) is 0 Å². The van der Waals surface area contributed by atoms with E-state index in [4.69, 9.17) is 17.2 Å². The summed E-state index contributed by atoms with van der Waals surface area (Å²) in [6, 6.07) is -0.998. The number of aliphatic hydroxyl groups excluding tert-OH is 1. The normalized spacial score (nSPS) is 16.1. The number of nitrogens with two attached hydrogens (primary N) is 3. The molecule has 0 aliphatic heterocycles. The number of aliphatic hydroxyl groups is 1. The van der Waals surface area contributed by atoms with Gasteiger partial charge >= 0.3 is 13.5 Å². The zero-order valence-electron chi connectivity index (χ0n) is 12.9. The van der Waals surface area contributed by atoms with Gasteiger partial charge in [-0.15, -0.1) is 4.78 Å². The first-order valence-electron chi connectivity index (χ1n) is 6.48. The Morgan fingerprint density at radius 3 is 2.48 bits per heavy atom. The molecule has 0 heterocycles. The summed E-state index contributed by atoms with van der Waals surface area (Å²) >= 11 is 0. The Hall–Kier alpha value is -1.72. The highest BCUT2D eigenvalue weighted by molar-refractivity contribution is 7.57. The topological polar surface area (TPSA) is 207 Å². The van der Waals surface area contributed by atoms with E-state index < -0.39 is 31.3 Å². The van der Waals surface area contributed by atoms with Crippen LogP contribution in [0, 0.1) is 0 Å². The number of rotatable bonds is 9. The van der Waals surface area contributed by atoms with Crippen LogP contribution in [0.5, 0.6) is 0 Å². The second-order valence-electron chi connectivity index (χ2n) is 4.54. The number of amides is 1. The van der Waals surface area contributed by atoms with Gasteiger partial charge in [0.05, 0.1) is 13.2 Å². The highest BCUT2D eigenvalue weighted by Crippen LogP contribution is 2.47. The Labute approximate surface area is 133 Å². The van der Waals surface area contributed by atoms with Gasteiger partial charge in [-0.25, -0.2) is 4.79 Å². The van der Waals surface area contributed by atoms with E-state index in [9.17, 15) is 24.2 Å². The molecule has 1 amide bonds. The molecule has 0 aliphatic rings. The number of carbonyl (C=O) groups excluding carboxylic acids is 2. The van der Waals surface area contributed by atoms with E-state index in [1.807, 2.05) is 5.43 Å². The van der Waals surface area contributed by atoms with Gasteiger partial charge in [0, 0.05) is 13.6 Å². The van der Waals surface area contributed by atoms with E-state index in [0.29, 0.717) is 11.2 Å². The SMILES string of the molecule is COC(=O)C(O)P(=O)(O)N(C)NC(=O)[C@@H](N)CCCN=C(N)N. The molecule has 0 bridgehead atoms. The Morgan fingerprint density at radius 1 is 1.43 bits per heavy atom. The third-order valence-electron chi connectivity index (χ3n) is 2.74. The lowest BCUT2D eigenvalue weighted by Crippen LogP contribution is -2.48. The molecule has 0 saturated carbocycles. The Bertz CT molecular complexity index is 496. The molecule has 0 radical (unpaired) electrons. The molecule has 0 spiro atoms. The quantitative estimate of drug-likeness (QED) is 0.0617. The molecule has 0 aromatic rings. The van der Waals surface area contributed by atoms with E-state index in [0.717, 1.165) is 14.2 Å². The van der Waals surface area contributed by atoms with Crippen molar-refractivity contribution in [3.63, 3.8) is 0 Å². The Kier molecular flexibility index (Phi) is 8.72. The fourth-order valence-electron chi connectivity index (χ4n) is 1.37. The molecule has 0 aliphatic carbocycles. The molecule has 0 saturated heterocycles. The van der Waals surface area contributed by atoms with Crippen molar-refractivity contribution in [3.05, 3.63) is 0 Å². The van der Waals surface area contributed by atoms with E-state index in [1.165, 1.54) is 0 Å². The van der Waals surface area contributed by atoms with Gasteiger partial charge in [0.2, 0.25) is 5.85 Å². The molecule has 2 unspecified atom stereocenters. The van der Waals surface area contributed by atoms with Crippen molar-refractivity contribution in [3.8, 4) is 0 Å². The summed E-state index contributed by atoms with van der Waals surface area (Å²) < 4.78 is 16.5. The first-order chi connectivity index (χ1) is 10.5. The smallest absolute Gasteiger partial charge is 0.346 e. The van der Waals surface area contributed by atoms with Gasteiger partial charge in [-0.2, -0.15) is 0 Å². The fourth-order valence-corrected chi connectivity index (χ4v) is 2.32. The number of hydrogen-bond acceptors (Lipinski definition) is 7. The number of aliphatic imine (C=N–C) groups is 1. The number of carbonyl (C=O) groups is 2. The zero-order chi connectivity index (χ0) is 18.2. The van der Waals surface area contributed by atoms with Crippen molar-refractivity contribution in [2.45, 2.75) is 24.7 Å². The molecule has 0 rings (SSSR count). The molecular weight excluding hydrogens is 331 g/mol. The van der Waals surface area contributed by atoms with Crippen LogP contribution >= 0.6 is 7.52 Å². The number of methoxy groups -OCH3 is 1. The summed E-state index contributed by atoms with van der Waals surface area (Å²) in [6.45, 7) is 0.276. The molecule has 0 aromatic carbocycles. The van der Waals surface area contributed by atoms with Crippen LogP contribution in [0.1, 0.15) is 12.8 Å². The third kappa shape index (κ3) is 6.93. The average molecular weight is 354 g/mol. The zero-order valence-corrected chi connectivity index (χ0v) is 13.8. The highest BCUT2D eigenvalue weighted by Gasteiger charge is 2.41. The van der Waals surface area contributed by atoms with Crippen LogP contribution in [0.2, 0.25) is 0 Å². The first-order valence-corrected chi connectivity index (χ1v) is 8.16. The Balaban J connectivity index is 4.55. The summed E-state index contributed by atoms with van der Waals surface area (Å²) in [5.41, 5.74) is 17.9. The lowest BCUT2D eigenvalue weighted by molar-refractivity contribution is -0.146. The monoisotopic (exact) mass is 354 g/mol. The minimum absolute atomic E-state index is 0.0826. The molecule has 13 heteroatoms. The maximum atomic E-state index is 11.9. The van der Waals surface area contributed by atoms with Gasteiger partial charge in [0.15, 0.2) is 5.96 Å². The maximum Gasteiger partial charge on any atom is 0.346 e. The van der Waals surface area contributed by atoms with E-state index >= 15 is 0 Å². The van der Waals surface area contributed by atoms with Crippen molar-refractivity contribution in [2.24, 2.45) is 22.2 Å². The van der Waals surface area contributed by atoms with Crippen LogP contribution in [0.15, 0.2) is 4.99 Å². The number of ether oxygens (including phenoxy) is 1. The van der Waals surface area contributed by atoms with Crippen molar-refractivity contribution in [2.75, 3.05) is 20.7 Å². The summed E-state index contributed by atoms with van der Waals surface area (Å²) in [6.07, 6.45) is 0.628. The van der Waals surface area contributed by atoms with E-state index in [1.54, 1.807) is 0 Å². The molecule has 12 nitrogen and oxygen atoms in total. The Morgan fingerprint density at radius 2 is 2.00 bits per heavy atom. The highest BCUT2D eigenvalue weighted by atomic mass is 31.2. The van der Waals surface area contributed by atoms with Crippen LogP contribution in [0.4, 0.5) is 0 Å². The maximum absolute atomic E-state index is 11.9. The molecule has 0 aromatic heterocycles. The van der Waals surface area contributed by atoms with Crippen molar-refractivity contribution in [1.82, 2.24) is 10.2 Å². The third-order valence-corrected chi connectivity index (χ3v) is 4.54. The summed E-state index contributed by atoms with van der Waals surface area (Å²) in [5, 5.41) is 9.44. The molecule has 134 valence electrons. The second-order valence-corrected chi connectivity index (χ2v) is 6.81. The van der Waals surface area contributed by atoms with Gasteiger partial charge in [0.25, 0.3) is 5.91 Å². The molecule has 9 N–H and O–H groups in total. The van der Waals surface area contributed by atoms with Gasteiger partial charge in [0.1, 0.15) is 0 Å².